The second-order valence-corrected chi connectivity index (χ2v) is 9.30. The zero-order valence-corrected chi connectivity index (χ0v) is 18.3. The van der Waals surface area contributed by atoms with Gasteiger partial charge in [-0.15, -0.1) is 0 Å². The van der Waals surface area contributed by atoms with Crippen molar-refractivity contribution >= 4 is 27.4 Å². The summed E-state index contributed by atoms with van der Waals surface area (Å²) in [6.07, 6.45) is 1.24. The lowest BCUT2D eigenvalue weighted by Gasteiger charge is -2.20. The van der Waals surface area contributed by atoms with E-state index in [4.69, 9.17) is 11.6 Å². The largest absolute Gasteiger partial charge is 0.469 e. The maximum absolute atomic E-state index is 15.1. The van der Waals surface area contributed by atoms with E-state index in [-0.39, 0.29) is 22.8 Å². The molecule has 0 bridgehead atoms. The molecular formula is C22H17ClF3NO4S. The molecule has 1 atom stereocenters. The molecule has 0 radical (unpaired) electrons. The second-order valence-electron chi connectivity index (χ2n) is 6.83. The smallest absolute Gasteiger partial charge is 0.305 e. The van der Waals surface area contributed by atoms with Crippen LogP contribution in [-0.2, 0) is 25.8 Å². The van der Waals surface area contributed by atoms with Crippen LogP contribution in [0.1, 0.15) is 28.5 Å². The highest BCUT2D eigenvalue weighted by atomic mass is 35.5. The molecule has 2 aromatic carbocycles. The van der Waals surface area contributed by atoms with Crippen molar-refractivity contribution in [2.75, 3.05) is 7.11 Å². The molecule has 1 aromatic heterocycles. The van der Waals surface area contributed by atoms with E-state index in [0.717, 1.165) is 18.2 Å². The van der Waals surface area contributed by atoms with Gasteiger partial charge in [0.2, 0.25) is 0 Å². The topological polar surface area (TPSA) is 73.3 Å². The van der Waals surface area contributed by atoms with E-state index < -0.39 is 49.8 Å². The van der Waals surface area contributed by atoms with Crippen LogP contribution in [-0.4, -0.2) is 26.5 Å². The Morgan fingerprint density at radius 3 is 2.38 bits per heavy atom. The maximum Gasteiger partial charge on any atom is 0.305 e. The molecule has 0 amide bonds. The number of rotatable bonds is 7. The number of aryl methyl sites for hydroxylation is 1. The summed E-state index contributed by atoms with van der Waals surface area (Å²) in [7, 11) is -3.26. The molecule has 5 nitrogen and oxygen atoms in total. The van der Waals surface area contributed by atoms with Gasteiger partial charge >= 0.3 is 5.97 Å². The number of carbonyl (C=O) groups excluding carboxylic acids is 1. The molecule has 0 aliphatic heterocycles. The van der Waals surface area contributed by atoms with Crippen molar-refractivity contribution in [3.63, 3.8) is 0 Å². The summed E-state index contributed by atoms with van der Waals surface area (Å²) >= 11 is 5.82. The van der Waals surface area contributed by atoms with E-state index in [1.807, 2.05) is 0 Å². The Balaban J connectivity index is 2.14. The molecule has 0 spiro atoms. The predicted octanol–water partition coefficient (Wildman–Crippen LogP) is 4.82. The van der Waals surface area contributed by atoms with E-state index in [9.17, 15) is 22.0 Å². The van der Waals surface area contributed by atoms with Gasteiger partial charge in [0.15, 0.2) is 9.84 Å². The summed E-state index contributed by atoms with van der Waals surface area (Å²) in [5.41, 5.74) is -0.890. The van der Waals surface area contributed by atoms with Crippen molar-refractivity contribution in [2.24, 2.45) is 0 Å². The van der Waals surface area contributed by atoms with Crippen LogP contribution in [0.15, 0.2) is 59.6 Å². The van der Waals surface area contributed by atoms with Crippen LogP contribution in [0, 0.1) is 17.5 Å². The quantitative estimate of drug-likeness (QED) is 0.450. The Kier molecular flexibility index (Phi) is 7.20. The van der Waals surface area contributed by atoms with Crippen molar-refractivity contribution in [3.8, 4) is 0 Å². The molecular weight excluding hydrogens is 467 g/mol. The number of halogens is 4. The highest BCUT2D eigenvalue weighted by Gasteiger charge is 2.36. The molecule has 0 saturated carbocycles. The average Bonchev–Trinajstić information content (AvgIpc) is 2.76. The Hall–Kier alpha value is -2.91. The van der Waals surface area contributed by atoms with Crippen LogP contribution in [0.25, 0.3) is 0 Å². The summed E-state index contributed by atoms with van der Waals surface area (Å²) in [5.74, 6) is -3.49. The zero-order chi connectivity index (χ0) is 23.5. The van der Waals surface area contributed by atoms with E-state index >= 15 is 4.39 Å². The molecule has 0 aliphatic rings. The SMILES string of the molecule is COC(=O)CCc1cnc(C(c2cc(F)ccc2F)S(=O)(=O)c2ccc(Cl)cc2)c(F)c1. The first-order valence-corrected chi connectivity index (χ1v) is 11.2. The van der Waals surface area contributed by atoms with Crippen LogP contribution in [0.5, 0.6) is 0 Å². The molecule has 0 aliphatic carbocycles. The van der Waals surface area contributed by atoms with Gasteiger partial charge in [0.25, 0.3) is 0 Å². The Labute approximate surface area is 187 Å². The molecule has 32 heavy (non-hydrogen) atoms. The van der Waals surface area contributed by atoms with E-state index in [2.05, 4.69) is 9.72 Å². The fourth-order valence-corrected chi connectivity index (χ4v) is 5.00. The third kappa shape index (κ3) is 5.11. The minimum absolute atomic E-state index is 0.0397. The zero-order valence-electron chi connectivity index (χ0n) is 16.7. The number of carbonyl (C=O) groups is 1. The van der Waals surface area contributed by atoms with Crippen LogP contribution in [0.3, 0.4) is 0 Å². The Morgan fingerprint density at radius 1 is 1.06 bits per heavy atom. The number of aromatic nitrogens is 1. The highest BCUT2D eigenvalue weighted by Crippen LogP contribution is 2.37. The summed E-state index contributed by atoms with van der Waals surface area (Å²) in [6, 6.07) is 8.28. The number of ether oxygens (including phenoxy) is 1. The molecule has 3 aromatic rings. The van der Waals surface area contributed by atoms with Crippen molar-refractivity contribution < 1.29 is 31.1 Å². The van der Waals surface area contributed by atoms with Gasteiger partial charge in [0.1, 0.15) is 22.7 Å². The number of hydrogen-bond donors (Lipinski definition) is 0. The normalized spacial score (nSPS) is 12.4. The maximum atomic E-state index is 15.1. The summed E-state index contributed by atoms with van der Waals surface area (Å²) in [5, 5.41) is -1.70. The van der Waals surface area contributed by atoms with Gasteiger partial charge in [-0.05, 0) is 60.5 Å². The molecule has 0 saturated heterocycles. The first-order chi connectivity index (χ1) is 15.1. The average molecular weight is 484 g/mol. The molecule has 1 unspecified atom stereocenters. The van der Waals surface area contributed by atoms with Gasteiger partial charge in [0.05, 0.1) is 17.7 Å². The van der Waals surface area contributed by atoms with Crippen LogP contribution in [0.2, 0.25) is 5.02 Å². The first kappa shape index (κ1) is 23.7. The molecule has 3 rings (SSSR count). The molecule has 0 N–H and O–H groups in total. The lowest BCUT2D eigenvalue weighted by Crippen LogP contribution is -2.20. The number of sulfone groups is 1. The van der Waals surface area contributed by atoms with Gasteiger partial charge in [-0.1, -0.05) is 11.6 Å². The van der Waals surface area contributed by atoms with E-state index in [1.165, 1.54) is 37.6 Å². The standard InChI is InChI=1S/C22H17ClF3NO4S/c1-31-20(28)9-2-13-10-19(26)21(27-12-13)22(17-11-15(24)5-8-18(17)25)32(29,30)16-6-3-14(23)4-7-16/h3-8,10-12,22H,2,9H2,1H3. The van der Waals surface area contributed by atoms with Gasteiger partial charge < -0.3 is 4.74 Å². The number of pyridine rings is 1. The fourth-order valence-electron chi connectivity index (χ4n) is 3.10. The molecule has 10 heteroatoms. The molecule has 168 valence electrons. The lowest BCUT2D eigenvalue weighted by molar-refractivity contribution is -0.140. The summed E-state index contributed by atoms with van der Waals surface area (Å²) in [4.78, 5) is 15.0. The van der Waals surface area contributed by atoms with Crippen molar-refractivity contribution in [1.29, 1.82) is 0 Å². The fraction of sp³-hybridized carbons (Fsp3) is 0.182. The highest BCUT2D eigenvalue weighted by molar-refractivity contribution is 7.91. The van der Waals surface area contributed by atoms with E-state index in [0.29, 0.717) is 11.6 Å². The molecule has 0 fully saturated rings. The first-order valence-electron chi connectivity index (χ1n) is 9.29. The van der Waals surface area contributed by atoms with Gasteiger partial charge in [-0.2, -0.15) is 0 Å². The lowest BCUT2D eigenvalue weighted by atomic mass is 10.1. The van der Waals surface area contributed by atoms with Crippen LogP contribution >= 0.6 is 11.6 Å². The van der Waals surface area contributed by atoms with Crippen molar-refractivity contribution in [2.45, 2.75) is 23.0 Å². The van der Waals surface area contributed by atoms with Gasteiger partial charge in [-0.25, -0.2) is 21.6 Å². The number of methoxy groups -OCH3 is 1. The van der Waals surface area contributed by atoms with Crippen molar-refractivity contribution in [3.05, 3.63) is 94.0 Å². The predicted molar refractivity (Wildman–Crippen MR) is 111 cm³/mol. The monoisotopic (exact) mass is 483 g/mol. The number of hydrogen-bond acceptors (Lipinski definition) is 5. The third-order valence-electron chi connectivity index (χ3n) is 4.71. The van der Waals surface area contributed by atoms with Gasteiger partial charge in [0, 0.05) is 23.2 Å². The van der Waals surface area contributed by atoms with Crippen molar-refractivity contribution in [1.82, 2.24) is 4.98 Å². The summed E-state index contributed by atoms with van der Waals surface area (Å²) < 4.78 is 74.9. The minimum Gasteiger partial charge on any atom is -0.469 e. The Bertz CT molecular complexity index is 1250. The minimum atomic E-state index is -4.47. The third-order valence-corrected chi connectivity index (χ3v) is 6.99. The van der Waals surface area contributed by atoms with Crippen LogP contribution < -0.4 is 0 Å². The van der Waals surface area contributed by atoms with Crippen LogP contribution in [0.4, 0.5) is 13.2 Å². The Morgan fingerprint density at radius 2 is 1.75 bits per heavy atom. The van der Waals surface area contributed by atoms with E-state index in [1.54, 1.807) is 0 Å². The molecule has 1 heterocycles. The second kappa shape index (κ2) is 9.70. The van der Waals surface area contributed by atoms with Gasteiger partial charge in [-0.3, -0.25) is 9.78 Å². The number of nitrogens with zero attached hydrogens (tertiary/aromatic N) is 1. The summed E-state index contributed by atoms with van der Waals surface area (Å²) in [6.45, 7) is 0. The number of benzene rings is 2. The number of esters is 1.